The van der Waals surface area contributed by atoms with E-state index >= 15 is 0 Å². The third-order valence-electron chi connectivity index (χ3n) is 4.60. The van der Waals surface area contributed by atoms with E-state index in [1.54, 1.807) is 42.5 Å². The predicted molar refractivity (Wildman–Crippen MR) is 104 cm³/mol. The van der Waals surface area contributed by atoms with Gasteiger partial charge in [-0.15, -0.1) is 0 Å². The first-order chi connectivity index (χ1) is 12.4. The van der Waals surface area contributed by atoms with Gasteiger partial charge in [0.2, 0.25) is 0 Å². The van der Waals surface area contributed by atoms with Crippen molar-refractivity contribution in [2.75, 3.05) is 38.5 Å². The molecule has 1 fully saturated rings. The first-order valence-corrected chi connectivity index (χ1v) is 8.97. The van der Waals surface area contributed by atoms with Gasteiger partial charge >= 0.3 is 0 Å². The minimum atomic E-state index is -0.247. The lowest BCUT2D eigenvalue weighted by molar-refractivity contribution is 0.0664. The number of carbonyl (C=O) groups is 2. The van der Waals surface area contributed by atoms with E-state index in [1.807, 2.05) is 18.9 Å². The summed E-state index contributed by atoms with van der Waals surface area (Å²) < 4.78 is 0. The second kappa shape index (κ2) is 7.89. The van der Waals surface area contributed by atoms with Crippen LogP contribution in [0.1, 0.15) is 26.3 Å². The Bertz CT molecular complexity index is 830. The Kier molecular flexibility index (Phi) is 5.59. The highest BCUT2D eigenvalue weighted by Gasteiger charge is 2.21. The number of rotatable bonds is 3. The van der Waals surface area contributed by atoms with Crippen LogP contribution in [0.2, 0.25) is 5.02 Å². The molecule has 2 amide bonds. The van der Waals surface area contributed by atoms with Crippen LogP contribution in [0.4, 0.5) is 5.69 Å². The van der Waals surface area contributed by atoms with Gasteiger partial charge < -0.3 is 15.1 Å². The monoisotopic (exact) mass is 371 g/mol. The fraction of sp³-hybridized carbons (Fsp3) is 0.300. The Morgan fingerprint density at radius 1 is 1.00 bits per heavy atom. The minimum absolute atomic E-state index is 0.0320. The Morgan fingerprint density at radius 2 is 1.69 bits per heavy atom. The van der Waals surface area contributed by atoms with E-state index in [-0.39, 0.29) is 11.8 Å². The van der Waals surface area contributed by atoms with Crippen LogP contribution in [-0.4, -0.2) is 54.8 Å². The molecule has 0 atom stereocenters. The number of piperazine rings is 1. The summed E-state index contributed by atoms with van der Waals surface area (Å²) in [5, 5.41) is 3.50. The normalized spacial score (nSPS) is 15.0. The molecular weight excluding hydrogens is 350 g/mol. The van der Waals surface area contributed by atoms with E-state index in [1.165, 1.54) is 0 Å². The summed E-state index contributed by atoms with van der Waals surface area (Å²) in [5.41, 5.74) is 2.58. The number of nitrogens with one attached hydrogen (secondary N) is 1. The molecule has 1 N–H and O–H groups in total. The lowest BCUT2D eigenvalue weighted by atomic mass is 10.1. The largest absolute Gasteiger partial charge is 0.336 e. The van der Waals surface area contributed by atoms with Gasteiger partial charge in [0.25, 0.3) is 11.8 Å². The van der Waals surface area contributed by atoms with Crippen molar-refractivity contribution in [1.82, 2.24) is 9.80 Å². The molecule has 0 aliphatic carbocycles. The Balaban J connectivity index is 1.74. The second-order valence-electron chi connectivity index (χ2n) is 6.59. The molecule has 0 spiro atoms. The molecule has 136 valence electrons. The molecule has 26 heavy (non-hydrogen) atoms. The Labute approximate surface area is 158 Å². The van der Waals surface area contributed by atoms with Crippen molar-refractivity contribution in [2.45, 2.75) is 6.92 Å². The van der Waals surface area contributed by atoms with Crippen LogP contribution in [0.25, 0.3) is 0 Å². The molecule has 1 heterocycles. The molecule has 1 saturated heterocycles. The van der Waals surface area contributed by atoms with Crippen LogP contribution in [0.5, 0.6) is 0 Å². The third kappa shape index (κ3) is 4.23. The molecule has 2 aromatic carbocycles. The van der Waals surface area contributed by atoms with Gasteiger partial charge in [-0.25, -0.2) is 0 Å². The van der Waals surface area contributed by atoms with E-state index in [0.717, 1.165) is 18.7 Å². The number of benzene rings is 2. The number of carbonyl (C=O) groups excluding carboxylic acids is 2. The zero-order valence-electron chi connectivity index (χ0n) is 15.0. The Morgan fingerprint density at radius 3 is 2.38 bits per heavy atom. The fourth-order valence-corrected chi connectivity index (χ4v) is 3.17. The first-order valence-electron chi connectivity index (χ1n) is 8.59. The number of hydrogen-bond acceptors (Lipinski definition) is 3. The van der Waals surface area contributed by atoms with E-state index < -0.39 is 0 Å². The standard InChI is InChI=1S/C20H22ClN3O2/c1-14-12-17(21)6-7-18(14)22-19(25)15-4-3-5-16(13-15)20(26)24-10-8-23(2)9-11-24/h3-7,12-13H,8-11H2,1-2H3,(H,22,25). The van der Waals surface area contributed by atoms with Crippen molar-refractivity contribution < 1.29 is 9.59 Å². The molecule has 0 radical (unpaired) electrons. The number of halogens is 1. The molecule has 2 aromatic rings. The smallest absolute Gasteiger partial charge is 0.255 e. The fourth-order valence-electron chi connectivity index (χ4n) is 2.95. The van der Waals surface area contributed by atoms with Crippen LogP contribution < -0.4 is 5.32 Å². The van der Waals surface area contributed by atoms with Gasteiger partial charge in [0.05, 0.1) is 0 Å². The van der Waals surface area contributed by atoms with Crippen molar-refractivity contribution >= 4 is 29.1 Å². The molecule has 0 bridgehead atoms. The molecule has 3 rings (SSSR count). The topological polar surface area (TPSA) is 52.7 Å². The number of anilines is 1. The summed E-state index contributed by atoms with van der Waals surface area (Å²) in [6.45, 7) is 5.02. The van der Waals surface area contributed by atoms with Crippen molar-refractivity contribution in [2.24, 2.45) is 0 Å². The summed E-state index contributed by atoms with van der Waals surface area (Å²) in [4.78, 5) is 29.3. The summed E-state index contributed by atoms with van der Waals surface area (Å²) in [6, 6.07) is 12.2. The van der Waals surface area contributed by atoms with Gasteiger partial charge in [-0.3, -0.25) is 9.59 Å². The highest BCUT2D eigenvalue weighted by atomic mass is 35.5. The lowest BCUT2D eigenvalue weighted by Crippen LogP contribution is -2.47. The molecule has 1 aliphatic rings. The Hall–Kier alpha value is -2.37. The minimum Gasteiger partial charge on any atom is -0.336 e. The summed E-state index contributed by atoms with van der Waals surface area (Å²) in [6.07, 6.45) is 0. The van der Waals surface area contributed by atoms with Crippen LogP contribution in [0.3, 0.4) is 0 Å². The molecular formula is C20H22ClN3O2. The van der Waals surface area contributed by atoms with Crippen molar-refractivity contribution in [1.29, 1.82) is 0 Å². The highest BCUT2D eigenvalue weighted by molar-refractivity contribution is 6.30. The van der Waals surface area contributed by atoms with Gasteiger partial charge in [0.1, 0.15) is 0 Å². The molecule has 0 aromatic heterocycles. The quantitative estimate of drug-likeness (QED) is 0.900. The summed E-state index contributed by atoms with van der Waals surface area (Å²) in [5.74, 6) is -0.279. The molecule has 0 saturated carbocycles. The van der Waals surface area contributed by atoms with Crippen molar-refractivity contribution in [3.8, 4) is 0 Å². The SMILES string of the molecule is Cc1cc(Cl)ccc1NC(=O)c1cccc(C(=O)N2CCN(C)CC2)c1. The van der Waals surface area contributed by atoms with E-state index in [0.29, 0.717) is 34.9 Å². The van der Waals surface area contributed by atoms with Gasteiger partial charge in [0.15, 0.2) is 0 Å². The van der Waals surface area contributed by atoms with Crippen molar-refractivity contribution in [3.05, 3.63) is 64.2 Å². The molecule has 6 heteroatoms. The maximum atomic E-state index is 12.7. The number of hydrogen-bond donors (Lipinski definition) is 1. The van der Waals surface area contributed by atoms with Gasteiger partial charge in [-0.1, -0.05) is 17.7 Å². The maximum absolute atomic E-state index is 12.7. The zero-order valence-corrected chi connectivity index (χ0v) is 15.7. The van der Waals surface area contributed by atoms with E-state index in [4.69, 9.17) is 11.6 Å². The third-order valence-corrected chi connectivity index (χ3v) is 4.83. The van der Waals surface area contributed by atoms with Crippen LogP contribution in [0, 0.1) is 6.92 Å². The number of likely N-dealkylation sites (N-methyl/N-ethyl adjacent to an activating group) is 1. The maximum Gasteiger partial charge on any atom is 0.255 e. The molecule has 0 unspecified atom stereocenters. The molecule has 1 aliphatic heterocycles. The highest BCUT2D eigenvalue weighted by Crippen LogP contribution is 2.20. The average molecular weight is 372 g/mol. The molecule has 5 nitrogen and oxygen atoms in total. The van der Waals surface area contributed by atoms with Crippen molar-refractivity contribution in [3.63, 3.8) is 0 Å². The van der Waals surface area contributed by atoms with Crippen LogP contribution in [0.15, 0.2) is 42.5 Å². The predicted octanol–water partition coefficient (Wildman–Crippen LogP) is 3.29. The average Bonchev–Trinajstić information content (AvgIpc) is 2.64. The van der Waals surface area contributed by atoms with Crippen LogP contribution >= 0.6 is 11.6 Å². The zero-order chi connectivity index (χ0) is 18.7. The van der Waals surface area contributed by atoms with E-state index in [2.05, 4.69) is 10.2 Å². The summed E-state index contributed by atoms with van der Waals surface area (Å²) in [7, 11) is 2.05. The van der Waals surface area contributed by atoms with Gasteiger partial charge in [-0.05, 0) is 55.9 Å². The van der Waals surface area contributed by atoms with Gasteiger partial charge in [-0.2, -0.15) is 0 Å². The number of nitrogens with zero attached hydrogens (tertiary/aromatic N) is 2. The van der Waals surface area contributed by atoms with Gasteiger partial charge in [0, 0.05) is 48.0 Å². The lowest BCUT2D eigenvalue weighted by Gasteiger charge is -2.32. The second-order valence-corrected chi connectivity index (χ2v) is 7.03. The number of aryl methyl sites for hydroxylation is 1. The summed E-state index contributed by atoms with van der Waals surface area (Å²) >= 11 is 5.95. The van der Waals surface area contributed by atoms with Crippen LogP contribution in [-0.2, 0) is 0 Å². The first kappa shape index (κ1) is 18.4. The van der Waals surface area contributed by atoms with E-state index in [9.17, 15) is 9.59 Å². The number of amides is 2.